The quantitative estimate of drug-likeness (QED) is 0.191. The third kappa shape index (κ3) is 2.96. The number of Topliss-reactive ketones (excluding diaryl/α,β-unsaturated/α-hetero) is 2. The lowest BCUT2D eigenvalue weighted by Crippen LogP contribution is -1.99. The van der Waals surface area contributed by atoms with E-state index in [4.69, 9.17) is 8.83 Å². The molecule has 2 heterocycles. The van der Waals surface area contributed by atoms with Gasteiger partial charge in [0.15, 0.2) is 28.5 Å². The first kappa shape index (κ1) is 18.2. The molecule has 0 bridgehead atoms. The van der Waals surface area contributed by atoms with Crippen molar-refractivity contribution in [2.75, 3.05) is 0 Å². The van der Waals surface area contributed by atoms with Crippen molar-refractivity contribution >= 4 is 39.6 Å². The molecular weight excluding hydrogens is 400 g/mol. The molecule has 0 aliphatic heterocycles. The number of hydrogen-bond acceptors (Lipinski definition) is 4. The maximum Gasteiger partial charge on any atom is 0.197 e. The molecule has 0 amide bonds. The van der Waals surface area contributed by atoms with Crippen molar-refractivity contribution in [3.8, 4) is 11.8 Å². The Hall–Kier alpha value is -4.62. The van der Waals surface area contributed by atoms with Gasteiger partial charge in [0.1, 0.15) is 5.76 Å². The molecule has 0 N–H and O–H groups in total. The van der Waals surface area contributed by atoms with E-state index >= 15 is 0 Å². The van der Waals surface area contributed by atoms with Crippen LogP contribution < -0.4 is 0 Å². The van der Waals surface area contributed by atoms with Crippen molar-refractivity contribution in [1.82, 2.24) is 0 Å². The van der Waals surface area contributed by atoms with Gasteiger partial charge in [0, 0.05) is 28.8 Å². The van der Waals surface area contributed by atoms with Gasteiger partial charge in [0.05, 0.1) is 5.57 Å². The minimum Gasteiger partial charge on any atom is -0.453 e. The molecule has 4 nitrogen and oxygen atoms in total. The van der Waals surface area contributed by atoms with Crippen LogP contribution in [0.15, 0.2) is 93.3 Å². The van der Waals surface area contributed by atoms with Crippen molar-refractivity contribution in [2.24, 2.45) is 0 Å². The number of carbonyl (C=O) groups excluding carboxylic acids is 2. The predicted molar refractivity (Wildman–Crippen MR) is 121 cm³/mol. The van der Waals surface area contributed by atoms with E-state index in [1.165, 1.54) is 6.08 Å². The first-order valence-electron chi connectivity index (χ1n) is 10.1. The second-order valence-electron chi connectivity index (χ2n) is 7.57. The molecule has 5 aromatic rings. The van der Waals surface area contributed by atoms with E-state index in [9.17, 15) is 9.59 Å². The molecule has 0 radical (unpaired) electrons. The fraction of sp³-hybridized carbons (Fsp3) is 0. The van der Waals surface area contributed by atoms with Gasteiger partial charge in [-0.25, -0.2) is 0 Å². The summed E-state index contributed by atoms with van der Waals surface area (Å²) in [6.07, 6.45) is 1.49. The Kier molecular flexibility index (Phi) is 3.96. The summed E-state index contributed by atoms with van der Waals surface area (Å²) in [5, 5.41) is 1.85. The van der Waals surface area contributed by atoms with Crippen LogP contribution in [0, 0.1) is 11.8 Å². The Morgan fingerprint density at radius 2 is 1.28 bits per heavy atom. The van der Waals surface area contributed by atoms with Crippen molar-refractivity contribution < 1.29 is 18.4 Å². The fourth-order valence-corrected chi connectivity index (χ4v) is 3.93. The number of carbonyl (C=O) groups is 2. The number of benzene rings is 3. The van der Waals surface area contributed by atoms with Crippen LogP contribution in [-0.2, 0) is 0 Å². The van der Waals surface area contributed by atoms with Gasteiger partial charge in [-0.3, -0.25) is 9.59 Å². The average molecular weight is 414 g/mol. The number of furan rings is 2. The zero-order chi connectivity index (χ0) is 21.7. The van der Waals surface area contributed by atoms with Gasteiger partial charge in [-0.15, -0.1) is 0 Å². The van der Waals surface area contributed by atoms with Crippen molar-refractivity contribution in [2.45, 2.75) is 0 Å². The van der Waals surface area contributed by atoms with Crippen molar-refractivity contribution in [3.63, 3.8) is 0 Å². The maximum atomic E-state index is 12.9. The third-order valence-electron chi connectivity index (χ3n) is 5.48. The summed E-state index contributed by atoms with van der Waals surface area (Å²) in [5.41, 5.74) is 2.85. The summed E-state index contributed by atoms with van der Waals surface area (Å²) in [5.74, 6) is 6.28. The van der Waals surface area contributed by atoms with E-state index in [-0.39, 0.29) is 17.1 Å². The van der Waals surface area contributed by atoms with Crippen molar-refractivity contribution in [3.05, 3.63) is 113 Å². The summed E-state index contributed by atoms with van der Waals surface area (Å²) < 4.78 is 11.5. The predicted octanol–water partition coefficient (Wildman–Crippen LogP) is 6.04. The van der Waals surface area contributed by atoms with Crippen molar-refractivity contribution in [1.29, 1.82) is 0 Å². The molecule has 150 valence electrons. The van der Waals surface area contributed by atoms with Crippen LogP contribution in [0.25, 0.3) is 28.0 Å². The standard InChI is InChI=1S/C28H14O4/c29-27-22-12-18-8-4-5-9-19(18)13-23(22)28(30)24(27)14-21-16-26-25(32-21)15-20(31-26)11-10-17-6-2-1-3-7-17/h1-9,12-16H. The molecule has 3 aromatic carbocycles. The fourth-order valence-electron chi connectivity index (χ4n) is 3.93. The summed E-state index contributed by atoms with van der Waals surface area (Å²) >= 11 is 0. The van der Waals surface area contributed by atoms with Crippen LogP contribution >= 0.6 is 0 Å². The summed E-state index contributed by atoms with van der Waals surface area (Å²) in [6.45, 7) is 0. The number of hydrogen-bond donors (Lipinski definition) is 0. The second kappa shape index (κ2) is 6.97. The van der Waals surface area contributed by atoms with E-state index in [0.29, 0.717) is 33.8 Å². The van der Waals surface area contributed by atoms with Gasteiger partial charge >= 0.3 is 0 Å². The molecule has 0 unspecified atom stereocenters. The molecule has 0 saturated carbocycles. The van der Waals surface area contributed by atoms with E-state index in [0.717, 1.165) is 16.3 Å². The highest BCUT2D eigenvalue weighted by molar-refractivity contribution is 6.42. The Bertz CT molecular complexity index is 1560. The zero-order valence-corrected chi connectivity index (χ0v) is 16.7. The van der Waals surface area contributed by atoms with Gasteiger partial charge in [0.25, 0.3) is 0 Å². The molecule has 0 fully saturated rings. The SMILES string of the molecule is O=C1C(=Cc2cc3oc(C#Cc4ccccc4)cc3o2)C(=O)c2cc3ccccc3cc21. The molecular formula is C28H14O4. The largest absolute Gasteiger partial charge is 0.453 e. The van der Waals surface area contributed by atoms with E-state index in [1.807, 2.05) is 54.6 Å². The first-order chi connectivity index (χ1) is 15.7. The average Bonchev–Trinajstić information content (AvgIpc) is 3.44. The molecule has 4 heteroatoms. The number of rotatable bonds is 1. The second-order valence-corrected chi connectivity index (χ2v) is 7.57. The topological polar surface area (TPSA) is 60.4 Å². The van der Waals surface area contributed by atoms with E-state index < -0.39 is 0 Å². The smallest absolute Gasteiger partial charge is 0.197 e. The highest BCUT2D eigenvalue weighted by Gasteiger charge is 2.33. The van der Waals surface area contributed by atoms with E-state index in [1.54, 1.807) is 24.3 Å². The molecule has 6 rings (SSSR count). The number of ketones is 2. The number of fused-ring (bicyclic) bond motifs is 3. The minimum atomic E-state index is -0.293. The van der Waals surface area contributed by atoms with Gasteiger partial charge < -0.3 is 8.83 Å². The summed E-state index contributed by atoms with van der Waals surface area (Å²) in [7, 11) is 0. The van der Waals surface area contributed by atoms with Gasteiger partial charge in [-0.05, 0) is 47.0 Å². The van der Waals surface area contributed by atoms with Crippen LogP contribution in [0.3, 0.4) is 0 Å². The van der Waals surface area contributed by atoms with Crippen LogP contribution in [0.1, 0.15) is 37.8 Å². The molecule has 0 spiro atoms. The highest BCUT2D eigenvalue weighted by atomic mass is 16.4. The van der Waals surface area contributed by atoms with Crippen LogP contribution in [0.4, 0.5) is 0 Å². The lowest BCUT2D eigenvalue weighted by atomic mass is 10.0. The highest BCUT2D eigenvalue weighted by Crippen LogP contribution is 2.33. The van der Waals surface area contributed by atoms with E-state index in [2.05, 4.69) is 11.8 Å². The Morgan fingerprint density at radius 3 is 1.94 bits per heavy atom. The van der Waals surface area contributed by atoms with Gasteiger partial charge in [-0.1, -0.05) is 48.4 Å². The monoisotopic (exact) mass is 414 g/mol. The zero-order valence-electron chi connectivity index (χ0n) is 16.7. The van der Waals surface area contributed by atoms with Gasteiger partial charge in [0.2, 0.25) is 0 Å². The lowest BCUT2D eigenvalue weighted by molar-refractivity contribution is 0.0990. The molecule has 32 heavy (non-hydrogen) atoms. The van der Waals surface area contributed by atoms with Gasteiger partial charge in [-0.2, -0.15) is 0 Å². The minimum absolute atomic E-state index is 0.0933. The molecule has 1 aliphatic carbocycles. The Morgan fingerprint density at radius 1 is 0.656 bits per heavy atom. The normalized spacial score (nSPS) is 12.8. The van der Waals surface area contributed by atoms with Crippen LogP contribution in [-0.4, -0.2) is 11.6 Å². The Balaban J connectivity index is 1.33. The molecule has 1 aliphatic rings. The molecule has 0 atom stereocenters. The van der Waals surface area contributed by atoms with Crippen LogP contribution in [0.2, 0.25) is 0 Å². The molecule has 2 aromatic heterocycles. The summed E-state index contributed by atoms with van der Waals surface area (Å²) in [4.78, 5) is 25.8. The van der Waals surface area contributed by atoms with Crippen LogP contribution in [0.5, 0.6) is 0 Å². The first-order valence-corrected chi connectivity index (χ1v) is 10.1. The molecule has 0 saturated heterocycles. The lowest BCUT2D eigenvalue weighted by Gasteiger charge is -2.00. The third-order valence-corrected chi connectivity index (χ3v) is 5.48. The maximum absolute atomic E-state index is 12.9. The Labute approximate surface area is 182 Å². The summed E-state index contributed by atoms with van der Waals surface area (Å²) in [6, 6.07) is 24.2. The number of allylic oxidation sites excluding steroid dienone is 1.